The number of hydrogen-bond donors (Lipinski definition) is 2. The molecular weight excluding hydrogens is 264 g/mol. The minimum atomic E-state index is -0.198. The molecule has 2 amide bonds. The largest absolute Gasteiger partial charge is 0.395 e. The van der Waals surface area contributed by atoms with Gasteiger partial charge in [-0.25, -0.2) is 4.79 Å². The molecule has 0 aromatic heterocycles. The fourth-order valence-electron chi connectivity index (χ4n) is 1.67. The quantitative estimate of drug-likeness (QED) is 0.752. The van der Waals surface area contributed by atoms with E-state index in [0.29, 0.717) is 31.1 Å². The van der Waals surface area contributed by atoms with Gasteiger partial charge in [0.2, 0.25) is 0 Å². The smallest absolute Gasteiger partial charge is 0.317 e. The van der Waals surface area contributed by atoms with Crippen molar-refractivity contribution in [2.75, 3.05) is 26.2 Å². The predicted molar refractivity (Wildman–Crippen MR) is 77.4 cm³/mol. The van der Waals surface area contributed by atoms with E-state index in [9.17, 15) is 4.79 Å². The summed E-state index contributed by atoms with van der Waals surface area (Å²) in [6.45, 7) is 4.77. The highest BCUT2D eigenvalue weighted by Gasteiger charge is 2.10. The number of carbonyl (C=O) groups excluding carboxylic acids is 1. The summed E-state index contributed by atoms with van der Waals surface area (Å²) in [5.74, 6) is 0. The van der Waals surface area contributed by atoms with E-state index in [2.05, 4.69) is 11.9 Å². The molecule has 1 aromatic carbocycles. The van der Waals surface area contributed by atoms with Crippen LogP contribution in [0.1, 0.15) is 5.56 Å². The minimum Gasteiger partial charge on any atom is -0.395 e. The maximum absolute atomic E-state index is 11.8. The molecule has 0 aliphatic rings. The zero-order chi connectivity index (χ0) is 14.1. The van der Waals surface area contributed by atoms with Crippen LogP contribution >= 0.6 is 11.6 Å². The highest BCUT2D eigenvalue weighted by molar-refractivity contribution is 6.30. The van der Waals surface area contributed by atoms with Gasteiger partial charge in [0.15, 0.2) is 0 Å². The lowest BCUT2D eigenvalue weighted by molar-refractivity contribution is 0.184. The summed E-state index contributed by atoms with van der Waals surface area (Å²) in [5.41, 5.74) is 1.07. The first-order chi connectivity index (χ1) is 9.17. The number of benzene rings is 1. The van der Waals surface area contributed by atoms with Gasteiger partial charge in [-0.1, -0.05) is 29.8 Å². The number of nitrogens with zero attached hydrogens (tertiary/aromatic N) is 1. The summed E-state index contributed by atoms with van der Waals surface area (Å²) in [7, 11) is 0. The molecule has 0 heterocycles. The number of carbonyl (C=O) groups is 1. The molecular formula is C14H19ClN2O2. The number of rotatable bonds is 7. The van der Waals surface area contributed by atoms with Gasteiger partial charge in [0.1, 0.15) is 0 Å². The molecule has 5 heteroatoms. The van der Waals surface area contributed by atoms with Gasteiger partial charge in [-0.2, -0.15) is 0 Å². The first kappa shape index (κ1) is 15.5. The van der Waals surface area contributed by atoms with E-state index in [-0.39, 0.29) is 12.6 Å². The molecule has 0 spiro atoms. The summed E-state index contributed by atoms with van der Waals surface area (Å²) >= 11 is 5.88. The van der Waals surface area contributed by atoms with E-state index < -0.39 is 0 Å². The monoisotopic (exact) mass is 282 g/mol. The summed E-state index contributed by atoms with van der Waals surface area (Å²) in [5, 5.41) is 12.4. The van der Waals surface area contributed by atoms with Crippen molar-refractivity contribution in [3.05, 3.63) is 47.5 Å². The Morgan fingerprint density at radius 2 is 2.32 bits per heavy atom. The average molecular weight is 283 g/mol. The Balaban J connectivity index is 2.38. The second kappa shape index (κ2) is 8.56. The third-order valence-corrected chi connectivity index (χ3v) is 2.82. The second-order valence-electron chi connectivity index (χ2n) is 4.07. The summed E-state index contributed by atoms with van der Waals surface area (Å²) < 4.78 is 0. The number of nitrogens with one attached hydrogen (secondary N) is 1. The number of urea groups is 1. The predicted octanol–water partition coefficient (Wildman–Crippen LogP) is 2.07. The van der Waals surface area contributed by atoms with Gasteiger partial charge in [-0.05, 0) is 24.1 Å². The zero-order valence-electron chi connectivity index (χ0n) is 10.8. The van der Waals surface area contributed by atoms with Gasteiger partial charge in [-0.15, -0.1) is 6.58 Å². The van der Waals surface area contributed by atoms with Crippen LogP contribution in [0.2, 0.25) is 5.02 Å². The molecule has 2 N–H and O–H groups in total. The maximum Gasteiger partial charge on any atom is 0.317 e. The van der Waals surface area contributed by atoms with E-state index in [1.165, 1.54) is 4.90 Å². The molecule has 0 radical (unpaired) electrons. The third kappa shape index (κ3) is 5.77. The maximum atomic E-state index is 11.8. The summed E-state index contributed by atoms with van der Waals surface area (Å²) in [4.78, 5) is 13.3. The van der Waals surface area contributed by atoms with Crippen LogP contribution in [-0.4, -0.2) is 42.3 Å². The summed E-state index contributed by atoms with van der Waals surface area (Å²) in [6, 6.07) is 7.35. The van der Waals surface area contributed by atoms with E-state index in [1.54, 1.807) is 6.08 Å². The molecule has 0 fully saturated rings. The Hall–Kier alpha value is -1.52. The number of aliphatic hydroxyl groups is 1. The van der Waals surface area contributed by atoms with Crippen molar-refractivity contribution in [1.82, 2.24) is 10.2 Å². The zero-order valence-corrected chi connectivity index (χ0v) is 11.6. The molecule has 104 valence electrons. The first-order valence-corrected chi connectivity index (χ1v) is 6.54. The van der Waals surface area contributed by atoms with Crippen LogP contribution in [0, 0.1) is 0 Å². The lowest BCUT2D eigenvalue weighted by Gasteiger charge is -2.20. The Morgan fingerprint density at radius 3 is 2.95 bits per heavy atom. The number of halogens is 1. The Labute approximate surface area is 118 Å². The highest BCUT2D eigenvalue weighted by Crippen LogP contribution is 2.10. The van der Waals surface area contributed by atoms with Gasteiger partial charge in [0.05, 0.1) is 6.61 Å². The Kier molecular flexibility index (Phi) is 7.00. The average Bonchev–Trinajstić information content (AvgIpc) is 2.38. The van der Waals surface area contributed by atoms with Crippen LogP contribution in [0.5, 0.6) is 0 Å². The van der Waals surface area contributed by atoms with Crippen LogP contribution in [0.3, 0.4) is 0 Å². The highest BCUT2D eigenvalue weighted by atomic mass is 35.5. The van der Waals surface area contributed by atoms with Crippen LogP contribution < -0.4 is 5.32 Å². The van der Waals surface area contributed by atoms with E-state index in [4.69, 9.17) is 16.7 Å². The molecule has 0 saturated carbocycles. The molecule has 1 rings (SSSR count). The first-order valence-electron chi connectivity index (χ1n) is 6.16. The van der Waals surface area contributed by atoms with Crippen LogP contribution in [0.25, 0.3) is 0 Å². The van der Waals surface area contributed by atoms with E-state index >= 15 is 0 Å². The SMILES string of the molecule is C=CCN(CCO)C(=O)NCCc1cccc(Cl)c1. The fourth-order valence-corrected chi connectivity index (χ4v) is 1.88. The van der Waals surface area contributed by atoms with Crippen molar-refractivity contribution >= 4 is 17.6 Å². The lowest BCUT2D eigenvalue weighted by atomic mass is 10.1. The van der Waals surface area contributed by atoms with Gasteiger partial charge in [0.25, 0.3) is 0 Å². The number of aliphatic hydroxyl groups excluding tert-OH is 1. The van der Waals surface area contributed by atoms with Gasteiger partial charge in [-0.3, -0.25) is 0 Å². The van der Waals surface area contributed by atoms with Gasteiger partial charge < -0.3 is 15.3 Å². The van der Waals surface area contributed by atoms with Crippen LogP contribution in [-0.2, 0) is 6.42 Å². The van der Waals surface area contributed by atoms with Crippen LogP contribution in [0.4, 0.5) is 4.79 Å². The van der Waals surface area contributed by atoms with Crippen molar-refractivity contribution in [2.24, 2.45) is 0 Å². The van der Waals surface area contributed by atoms with Gasteiger partial charge in [0, 0.05) is 24.7 Å². The van der Waals surface area contributed by atoms with Crippen molar-refractivity contribution in [3.63, 3.8) is 0 Å². The molecule has 0 atom stereocenters. The van der Waals surface area contributed by atoms with Crippen molar-refractivity contribution in [2.45, 2.75) is 6.42 Å². The minimum absolute atomic E-state index is 0.0600. The Morgan fingerprint density at radius 1 is 1.53 bits per heavy atom. The van der Waals surface area contributed by atoms with E-state index in [1.807, 2.05) is 24.3 Å². The standard InChI is InChI=1S/C14H19ClN2O2/c1-2-8-17(9-10-18)14(19)16-7-6-12-4-3-5-13(15)11-12/h2-5,11,18H,1,6-10H2,(H,16,19). The topological polar surface area (TPSA) is 52.6 Å². The Bertz CT molecular complexity index is 424. The number of hydrogen-bond acceptors (Lipinski definition) is 2. The number of amides is 2. The van der Waals surface area contributed by atoms with Crippen molar-refractivity contribution in [1.29, 1.82) is 0 Å². The summed E-state index contributed by atoms with van der Waals surface area (Å²) in [6.07, 6.45) is 2.35. The lowest BCUT2D eigenvalue weighted by Crippen LogP contribution is -2.42. The second-order valence-corrected chi connectivity index (χ2v) is 4.51. The van der Waals surface area contributed by atoms with Crippen LogP contribution in [0.15, 0.2) is 36.9 Å². The normalized spacial score (nSPS) is 10.0. The third-order valence-electron chi connectivity index (χ3n) is 2.59. The van der Waals surface area contributed by atoms with Crippen molar-refractivity contribution < 1.29 is 9.90 Å². The molecule has 0 aliphatic carbocycles. The molecule has 4 nitrogen and oxygen atoms in total. The molecule has 19 heavy (non-hydrogen) atoms. The molecule has 0 saturated heterocycles. The molecule has 0 bridgehead atoms. The molecule has 0 unspecified atom stereocenters. The molecule has 0 aliphatic heterocycles. The van der Waals surface area contributed by atoms with E-state index in [0.717, 1.165) is 5.56 Å². The van der Waals surface area contributed by atoms with Crippen molar-refractivity contribution in [3.8, 4) is 0 Å². The van der Waals surface area contributed by atoms with Gasteiger partial charge >= 0.3 is 6.03 Å². The molecule has 1 aromatic rings. The fraction of sp³-hybridized carbons (Fsp3) is 0.357.